The number of amides is 1. The van der Waals surface area contributed by atoms with Gasteiger partial charge in [-0.1, -0.05) is 65.6 Å². The summed E-state index contributed by atoms with van der Waals surface area (Å²) < 4.78 is 2.99. The summed E-state index contributed by atoms with van der Waals surface area (Å²) in [4.78, 5) is 16.7. The zero-order valence-corrected chi connectivity index (χ0v) is 16.3. The van der Waals surface area contributed by atoms with Gasteiger partial charge in [0.2, 0.25) is 5.91 Å². The van der Waals surface area contributed by atoms with Gasteiger partial charge in [0.25, 0.3) is 0 Å². The summed E-state index contributed by atoms with van der Waals surface area (Å²) in [6.45, 7) is 0. The Hall–Kier alpha value is -2.71. The lowest BCUT2D eigenvalue weighted by molar-refractivity contribution is -0.113. The molecule has 0 saturated heterocycles. The molecule has 0 radical (unpaired) electrons. The average Bonchev–Trinajstić information content (AvgIpc) is 3.24. The first-order chi connectivity index (χ1) is 13.2. The second-order valence-electron chi connectivity index (χ2n) is 5.94. The van der Waals surface area contributed by atoms with Crippen LogP contribution in [0.15, 0.2) is 59.8 Å². The van der Waals surface area contributed by atoms with E-state index in [1.807, 2.05) is 54.1 Å². The molecule has 0 aliphatic carbocycles. The third kappa shape index (κ3) is 4.17. The predicted molar refractivity (Wildman–Crippen MR) is 109 cm³/mol. The van der Waals surface area contributed by atoms with E-state index in [9.17, 15) is 4.79 Å². The summed E-state index contributed by atoms with van der Waals surface area (Å²) in [5.41, 5.74) is 2.07. The first-order valence-corrected chi connectivity index (χ1v) is 10.2. The van der Waals surface area contributed by atoms with Crippen LogP contribution in [0.25, 0.3) is 10.2 Å². The van der Waals surface area contributed by atoms with Crippen molar-refractivity contribution in [3.8, 4) is 0 Å². The number of thioether (sulfide) groups is 1. The maximum Gasteiger partial charge on any atom is 0.236 e. The number of benzene rings is 2. The van der Waals surface area contributed by atoms with Crippen molar-refractivity contribution >= 4 is 44.4 Å². The molecule has 8 heteroatoms. The van der Waals surface area contributed by atoms with Crippen molar-refractivity contribution in [2.45, 2.75) is 11.6 Å². The van der Waals surface area contributed by atoms with Gasteiger partial charge in [0, 0.05) is 13.5 Å². The maximum absolute atomic E-state index is 12.2. The third-order valence-corrected chi connectivity index (χ3v) is 5.97. The number of para-hydroxylation sites is 1. The van der Waals surface area contributed by atoms with Gasteiger partial charge in [0.05, 0.1) is 16.0 Å². The van der Waals surface area contributed by atoms with Crippen LogP contribution in [0, 0.1) is 0 Å². The molecule has 0 aliphatic rings. The molecular weight excluding hydrogens is 378 g/mol. The molecule has 136 valence electrons. The second-order valence-corrected chi connectivity index (χ2v) is 7.92. The van der Waals surface area contributed by atoms with Gasteiger partial charge in [-0.25, -0.2) is 4.98 Å². The van der Waals surface area contributed by atoms with E-state index in [4.69, 9.17) is 0 Å². The summed E-state index contributed by atoms with van der Waals surface area (Å²) in [6.07, 6.45) is 0.711. The Bertz CT molecular complexity index is 1040. The van der Waals surface area contributed by atoms with E-state index < -0.39 is 0 Å². The van der Waals surface area contributed by atoms with Crippen LogP contribution >= 0.6 is 23.1 Å². The van der Waals surface area contributed by atoms with Crippen molar-refractivity contribution in [3.05, 3.63) is 66.0 Å². The van der Waals surface area contributed by atoms with Gasteiger partial charge in [0.15, 0.2) is 10.3 Å². The highest BCUT2D eigenvalue weighted by atomic mass is 32.2. The lowest BCUT2D eigenvalue weighted by Crippen LogP contribution is -2.14. The maximum atomic E-state index is 12.2. The van der Waals surface area contributed by atoms with Gasteiger partial charge >= 0.3 is 0 Å². The van der Waals surface area contributed by atoms with Crippen LogP contribution in [-0.2, 0) is 18.3 Å². The predicted octanol–water partition coefficient (Wildman–Crippen LogP) is 3.75. The number of hydrogen-bond donors (Lipinski definition) is 1. The van der Waals surface area contributed by atoms with Crippen LogP contribution in [-0.4, -0.2) is 31.4 Å². The Morgan fingerprint density at radius 2 is 1.89 bits per heavy atom. The van der Waals surface area contributed by atoms with Crippen LogP contribution in [0.4, 0.5) is 5.13 Å². The molecule has 0 atom stereocenters. The number of fused-ring (bicyclic) bond motifs is 1. The van der Waals surface area contributed by atoms with E-state index >= 15 is 0 Å². The number of anilines is 1. The van der Waals surface area contributed by atoms with Crippen molar-refractivity contribution in [2.75, 3.05) is 11.1 Å². The summed E-state index contributed by atoms with van der Waals surface area (Å²) in [6, 6.07) is 18.0. The number of hydrogen-bond acceptors (Lipinski definition) is 6. The lowest BCUT2D eigenvalue weighted by Gasteiger charge is -2.04. The van der Waals surface area contributed by atoms with Crippen molar-refractivity contribution < 1.29 is 4.79 Å². The summed E-state index contributed by atoms with van der Waals surface area (Å²) >= 11 is 2.84. The van der Waals surface area contributed by atoms with Gasteiger partial charge in [-0.05, 0) is 17.7 Å². The Morgan fingerprint density at radius 3 is 2.70 bits per heavy atom. The Morgan fingerprint density at radius 1 is 1.11 bits per heavy atom. The van der Waals surface area contributed by atoms with Crippen LogP contribution in [0.2, 0.25) is 0 Å². The fraction of sp³-hybridized carbons (Fsp3) is 0.158. The average molecular weight is 396 g/mol. The SMILES string of the molecule is Cn1c(Cc2ccccc2)nnc1SCC(=O)Nc1nc2ccccc2s1. The largest absolute Gasteiger partial charge is 0.309 e. The molecule has 6 nitrogen and oxygen atoms in total. The zero-order chi connectivity index (χ0) is 18.6. The molecule has 4 aromatic rings. The van der Waals surface area contributed by atoms with Crippen molar-refractivity contribution in [1.82, 2.24) is 19.7 Å². The molecule has 2 aromatic heterocycles. The van der Waals surface area contributed by atoms with E-state index in [-0.39, 0.29) is 11.7 Å². The minimum Gasteiger partial charge on any atom is -0.309 e. The summed E-state index contributed by atoms with van der Waals surface area (Å²) in [5.74, 6) is 1.02. The zero-order valence-electron chi connectivity index (χ0n) is 14.6. The Balaban J connectivity index is 1.36. The molecule has 27 heavy (non-hydrogen) atoms. The molecule has 4 rings (SSSR count). The Labute approximate surface area is 164 Å². The third-order valence-electron chi connectivity index (χ3n) is 4.00. The Kier molecular flexibility index (Phi) is 5.17. The van der Waals surface area contributed by atoms with E-state index in [2.05, 4.69) is 32.6 Å². The normalized spacial score (nSPS) is 11.0. The van der Waals surface area contributed by atoms with Crippen molar-refractivity contribution in [1.29, 1.82) is 0 Å². The number of carbonyl (C=O) groups is 1. The first-order valence-electron chi connectivity index (χ1n) is 8.39. The van der Waals surface area contributed by atoms with E-state index in [1.54, 1.807) is 0 Å². The van der Waals surface area contributed by atoms with Crippen LogP contribution in [0.1, 0.15) is 11.4 Å². The topological polar surface area (TPSA) is 72.7 Å². The van der Waals surface area contributed by atoms with Gasteiger partial charge in [-0.2, -0.15) is 0 Å². The van der Waals surface area contributed by atoms with Crippen molar-refractivity contribution in [2.24, 2.45) is 7.05 Å². The summed E-state index contributed by atoms with van der Waals surface area (Å²) in [7, 11) is 1.92. The van der Waals surface area contributed by atoms with Gasteiger partial charge in [-0.15, -0.1) is 10.2 Å². The molecule has 0 fully saturated rings. The minimum atomic E-state index is -0.105. The van der Waals surface area contributed by atoms with Crippen LogP contribution in [0.5, 0.6) is 0 Å². The number of nitrogens with zero attached hydrogens (tertiary/aromatic N) is 4. The van der Waals surface area contributed by atoms with Crippen LogP contribution < -0.4 is 5.32 Å². The molecule has 0 unspecified atom stereocenters. The quantitative estimate of drug-likeness (QED) is 0.504. The highest BCUT2D eigenvalue weighted by Crippen LogP contribution is 2.25. The van der Waals surface area contributed by atoms with Gasteiger partial charge in [-0.3, -0.25) is 4.79 Å². The molecule has 0 aliphatic heterocycles. The number of thiazole rings is 1. The van der Waals surface area contributed by atoms with Gasteiger partial charge in [0.1, 0.15) is 5.82 Å². The standard InChI is InChI=1S/C19H17N5OS2/c1-24-16(11-13-7-3-2-4-8-13)22-23-19(24)26-12-17(25)21-18-20-14-9-5-6-10-15(14)27-18/h2-10H,11-12H2,1H3,(H,20,21,25). The van der Waals surface area contributed by atoms with Gasteiger partial charge < -0.3 is 9.88 Å². The van der Waals surface area contributed by atoms with Crippen molar-refractivity contribution in [3.63, 3.8) is 0 Å². The molecule has 2 heterocycles. The highest BCUT2D eigenvalue weighted by molar-refractivity contribution is 7.99. The molecule has 1 N–H and O–H groups in total. The highest BCUT2D eigenvalue weighted by Gasteiger charge is 2.13. The fourth-order valence-corrected chi connectivity index (χ4v) is 4.23. The molecule has 0 saturated carbocycles. The molecule has 0 spiro atoms. The minimum absolute atomic E-state index is 0.105. The molecular formula is C19H17N5OS2. The van der Waals surface area contributed by atoms with E-state index in [0.29, 0.717) is 11.6 Å². The number of nitrogens with one attached hydrogen (secondary N) is 1. The van der Waals surface area contributed by atoms with E-state index in [0.717, 1.165) is 21.2 Å². The molecule has 0 bridgehead atoms. The number of rotatable bonds is 6. The number of aromatic nitrogens is 4. The van der Waals surface area contributed by atoms with Crippen LogP contribution in [0.3, 0.4) is 0 Å². The summed E-state index contributed by atoms with van der Waals surface area (Å²) in [5, 5.41) is 12.7. The second kappa shape index (κ2) is 7.89. The lowest BCUT2D eigenvalue weighted by atomic mass is 10.1. The number of carbonyl (C=O) groups excluding carboxylic acids is 1. The fourth-order valence-electron chi connectivity index (χ4n) is 2.61. The molecule has 1 amide bonds. The monoisotopic (exact) mass is 395 g/mol. The van der Waals surface area contributed by atoms with E-state index in [1.165, 1.54) is 28.7 Å². The first kappa shape index (κ1) is 17.7. The smallest absolute Gasteiger partial charge is 0.236 e. The molecule has 2 aromatic carbocycles.